The van der Waals surface area contributed by atoms with Gasteiger partial charge in [-0.25, -0.2) is 4.79 Å². The Morgan fingerprint density at radius 1 is 1.30 bits per heavy atom. The molecular weight excluding hydrogens is 292 g/mol. The monoisotopic (exact) mass is 316 g/mol. The van der Waals surface area contributed by atoms with Crippen molar-refractivity contribution in [2.45, 2.75) is 52.1 Å². The normalized spacial score (nSPS) is 24.7. The van der Waals surface area contributed by atoms with E-state index in [9.17, 15) is 9.59 Å². The van der Waals surface area contributed by atoms with Crippen LogP contribution in [0.4, 0.5) is 0 Å². The zero-order chi connectivity index (χ0) is 16.4. The fourth-order valence-electron chi connectivity index (χ4n) is 3.50. The molecule has 2 aromatic rings. The molecule has 1 aromatic heterocycles. The van der Waals surface area contributed by atoms with Crippen molar-refractivity contribution in [2.75, 3.05) is 0 Å². The summed E-state index contributed by atoms with van der Waals surface area (Å²) in [5.74, 6) is 0.756. The van der Waals surface area contributed by atoms with Gasteiger partial charge in [0.05, 0.1) is 5.52 Å². The summed E-state index contributed by atoms with van der Waals surface area (Å²) in [4.78, 5) is 24.1. The van der Waals surface area contributed by atoms with E-state index in [0.717, 1.165) is 11.9 Å². The third-order valence-corrected chi connectivity index (χ3v) is 5.19. The second-order valence-electron chi connectivity index (χ2n) is 6.68. The first-order valence-corrected chi connectivity index (χ1v) is 8.44. The Balaban J connectivity index is 1.62. The molecule has 0 unspecified atom stereocenters. The number of hydrogen-bond acceptors (Lipinski definition) is 3. The van der Waals surface area contributed by atoms with E-state index >= 15 is 0 Å². The molecule has 1 heterocycles. The van der Waals surface area contributed by atoms with E-state index in [1.54, 1.807) is 6.07 Å². The lowest BCUT2D eigenvalue weighted by atomic mass is 9.78. The molecule has 1 aromatic carbocycles. The standard InChI is InChI=1S/C18H24N2O3/c1-12-6-5-7-14(13(12)2)19-17(21)10-11-20-15-8-3-4-9-16(15)23-18(20)22/h3-4,8-9,12-14H,5-7,10-11H2,1-2H3,(H,19,21)/t12-,13-,14-/m1/s1. The molecular formula is C18H24N2O3. The van der Waals surface area contributed by atoms with Gasteiger partial charge in [-0.05, 0) is 30.4 Å². The van der Waals surface area contributed by atoms with Gasteiger partial charge in [-0.2, -0.15) is 0 Å². The first kappa shape index (κ1) is 15.8. The number of hydrogen-bond donors (Lipinski definition) is 1. The number of fused-ring (bicyclic) bond motifs is 1. The van der Waals surface area contributed by atoms with Gasteiger partial charge in [0.25, 0.3) is 0 Å². The predicted octanol–water partition coefficient (Wildman–Crippen LogP) is 2.93. The van der Waals surface area contributed by atoms with Gasteiger partial charge in [0.2, 0.25) is 5.91 Å². The lowest BCUT2D eigenvalue weighted by Gasteiger charge is -2.34. The van der Waals surface area contributed by atoms with Gasteiger partial charge < -0.3 is 9.73 Å². The van der Waals surface area contributed by atoms with Crippen LogP contribution in [-0.2, 0) is 11.3 Å². The summed E-state index contributed by atoms with van der Waals surface area (Å²) in [6.07, 6.45) is 3.75. The van der Waals surface area contributed by atoms with Crippen LogP contribution in [0.15, 0.2) is 33.5 Å². The Kier molecular flexibility index (Phi) is 4.55. The van der Waals surface area contributed by atoms with Crippen molar-refractivity contribution in [1.29, 1.82) is 0 Å². The molecule has 0 bridgehead atoms. The molecule has 0 saturated heterocycles. The predicted molar refractivity (Wildman–Crippen MR) is 89.2 cm³/mol. The summed E-state index contributed by atoms with van der Waals surface area (Å²) in [6.45, 7) is 4.81. The molecule has 0 spiro atoms. The molecule has 0 aliphatic heterocycles. The van der Waals surface area contributed by atoms with Crippen molar-refractivity contribution in [1.82, 2.24) is 9.88 Å². The van der Waals surface area contributed by atoms with Gasteiger partial charge in [-0.3, -0.25) is 9.36 Å². The first-order chi connectivity index (χ1) is 11.1. The molecule has 1 amide bonds. The van der Waals surface area contributed by atoms with Gasteiger partial charge in [0.15, 0.2) is 5.58 Å². The van der Waals surface area contributed by atoms with Gasteiger partial charge >= 0.3 is 5.76 Å². The lowest BCUT2D eigenvalue weighted by Crippen LogP contribution is -2.44. The highest BCUT2D eigenvalue weighted by Gasteiger charge is 2.28. The average Bonchev–Trinajstić information content (AvgIpc) is 2.85. The summed E-state index contributed by atoms with van der Waals surface area (Å²) in [6, 6.07) is 7.54. The number of carbonyl (C=O) groups is 1. The van der Waals surface area contributed by atoms with Crippen molar-refractivity contribution in [2.24, 2.45) is 11.8 Å². The number of para-hydroxylation sites is 2. The number of nitrogens with one attached hydrogen (secondary N) is 1. The SMILES string of the molecule is C[C@@H]1[C@H](C)CCC[C@H]1NC(=O)CCn1c(=O)oc2ccccc21. The van der Waals surface area contributed by atoms with Crippen LogP contribution in [0.3, 0.4) is 0 Å². The number of carbonyl (C=O) groups excluding carboxylic acids is 1. The summed E-state index contributed by atoms with van der Waals surface area (Å²) in [5.41, 5.74) is 1.30. The van der Waals surface area contributed by atoms with Crippen molar-refractivity contribution >= 4 is 17.0 Å². The van der Waals surface area contributed by atoms with E-state index in [1.807, 2.05) is 18.2 Å². The Morgan fingerprint density at radius 3 is 2.91 bits per heavy atom. The molecule has 23 heavy (non-hydrogen) atoms. The molecule has 1 aliphatic rings. The van der Waals surface area contributed by atoms with Crippen LogP contribution >= 0.6 is 0 Å². The molecule has 1 aliphatic carbocycles. The van der Waals surface area contributed by atoms with E-state index in [0.29, 0.717) is 30.4 Å². The summed E-state index contributed by atoms with van der Waals surface area (Å²) in [5, 5.41) is 3.14. The minimum Gasteiger partial charge on any atom is -0.408 e. The van der Waals surface area contributed by atoms with Crippen LogP contribution in [-0.4, -0.2) is 16.5 Å². The molecule has 1 fully saturated rings. The average molecular weight is 316 g/mol. The van der Waals surface area contributed by atoms with Crippen molar-refractivity contribution in [3.63, 3.8) is 0 Å². The van der Waals surface area contributed by atoms with Crippen molar-refractivity contribution < 1.29 is 9.21 Å². The molecule has 1 saturated carbocycles. The largest absolute Gasteiger partial charge is 0.419 e. The number of rotatable bonds is 4. The Labute approximate surface area is 135 Å². The molecule has 3 atom stereocenters. The zero-order valence-electron chi connectivity index (χ0n) is 13.7. The highest BCUT2D eigenvalue weighted by Crippen LogP contribution is 2.29. The van der Waals surface area contributed by atoms with Crippen LogP contribution in [0.1, 0.15) is 39.5 Å². The topological polar surface area (TPSA) is 64.2 Å². The number of aryl methyl sites for hydroxylation is 1. The second kappa shape index (κ2) is 6.60. The number of benzene rings is 1. The third-order valence-electron chi connectivity index (χ3n) is 5.19. The highest BCUT2D eigenvalue weighted by molar-refractivity contribution is 5.77. The maximum absolute atomic E-state index is 12.2. The minimum atomic E-state index is -0.404. The number of oxazole rings is 1. The van der Waals surface area contributed by atoms with E-state index in [4.69, 9.17) is 4.42 Å². The first-order valence-electron chi connectivity index (χ1n) is 8.44. The Bertz CT molecular complexity index is 746. The van der Waals surface area contributed by atoms with Crippen LogP contribution in [0.5, 0.6) is 0 Å². The van der Waals surface area contributed by atoms with Crippen LogP contribution < -0.4 is 11.1 Å². The molecule has 0 radical (unpaired) electrons. The van der Waals surface area contributed by atoms with E-state index < -0.39 is 5.76 Å². The summed E-state index contributed by atoms with van der Waals surface area (Å²) < 4.78 is 6.72. The van der Waals surface area contributed by atoms with E-state index in [-0.39, 0.29) is 11.9 Å². The molecule has 124 valence electrons. The molecule has 5 heteroatoms. The highest BCUT2D eigenvalue weighted by atomic mass is 16.4. The fraction of sp³-hybridized carbons (Fsp3) is 0.556. The fourth-order valence-corrected chi connectivity index (χ4v) is 3.50. The molecule has 3 rings (SSSR count). The number of aromatic nitrogens is 1. The Hall–Kier alpha value is -2.04. The maximum atomic E-state index is 12.2. The minimum absolute atomic E-state index is 0.00753. The van der Waals surface area contributed by atoms with Crippen molar-refractivity contribution in [3.8, 4) is 0 Å². The van der Waals surface area contributed by atoms with Crippen LogP contribution in [0, 0.1) is 11.8 Å². The maximum Gasteiger partial charge on any atom is 0.419 e. The van der Waals surface area contributed by atoms with E-state index in [1.165, 1.54) is 17.4 Å². The molecule has 1 N–H and O–H groups in total. The molecule has 5 nitrogen and oxygen atoms in total. The van der Waals surface area contributed by atoms with Gasteiger partial charge in [0.1, 0.15) is 0 Å². The van der Waals surface area contributed by atoms with Gasteiger partial charge in [0, 0.05) is 19.0 Å². The summed E-state index contributed by atoms with van der Waals surface area (Å²) in [7, 11) is 0. The van der Waals surface area contributed by atoms with Gasteiger partial charge in [-0.1, -0.05) is 38.8 Å². The third kappa shape index (κ3) is 3.33. The van der Waals surface area contributed by atoms with Crippen LogP contribution in [0.2, 0.25) is 0 Å². The smallest absolute Gasteiger partial charge is 0.408 e. The number of nitrogens with zero attached hydrogens (tertiary/aromatic N) is 1. The van der Waals surface area contributed by atoms with Crippen LogP contribution in [0.25, 0.3) is 11.1 Å². The van der Waals surface area contributed by atoms with Gasteiger partial charge in [-0.15, -0.1) is 0 Å². The second-order valence-corrected chi connectivity index (χ2v) is 6.68. The van der Waals surface area contributed by atoms with E-state index in [2.05, 4.69) is 19.2 Å². The van der Waals surface area contributed by atoms with Crippen molar-refractivity contribution in [3.05, 3.63) is 34.8 Å². The Morgan fingerprint density at radius 2 is 2.09 bits per heavy atom. The lowest BCUT2D eigenvalue weighted by molar-refractivity contribution is -0.122. The quantitative estimate of drug-likeness (QED) is 0.943. The zero-order valence-corrected chi connectivity index (χ0v) is 13.7. The summed E-state index contributed by atoms with van der Waals surface area (Å²) >= 11 is 0. The number of amides is 1.